The highest BCUT2D eigenvalue weighted by Crippen LogP contribution is 2.28. The molecule has 190 valence electrons. The summed E-state index contributed by atoms with van der Waals surface area (Å²) in [6.45, 7) is 4.95. The van der Waals surface area contributed by atoms with E-state index in [1.54, 1.807) is 43.0 Å². The lowest BCUT2D eigenvalue weighted by Gasteiger charge is -2.38. The molecule has 1 heterocycles. The Hall–Kier alpha value is -3.56. The van der Waals surface area contributed by atoms with Crippen LogP contribution in [0.2, 0.25) is 0 Å². The van der Waals surface area contributed by atoms with E-state index in [-0.39, 0.29) is 28.9 Å². The van der Waals surface area contributed by atoms with Gasteiger partial charge >= 0.3 is 10.2 Å². The van der Waals surface area contributed by atoms with E-state index < -0.39 is 36.8 Å². The molecule has 0 saturated carbocycles. The number of carbonyl (C=O) groups excluding carboxylic acids is 1. The summed E-state index contributed by atoms with van der Waals surface area (Å²) in [5.74, 6) is -0.539. The van der Waals surface area contributed by atoms with E-state index in [1.165, 1.54) is 19.1 Å². The van der Waals surface area contributed by atoms with Gasteiger partial charge in [-0.15, -0.1) is 3.89 Å². The molecule has 12 nitrogen and oxygen atoms in total. The Morgan fingerprint density at radius 1 is 1.11 bits per heavy atom. The fourth-order valence-corrected chi connectivity index (χ4v) is 3.48. The van der Waals surface area contributed by atoms with E-state index in [1.807, 2.05) is 0 Å². The minimum atomic E-state index is -4.88. The molecule has 35 heavy (non-hydrogen) atoms. The van der Waals surface area contributed by atoms with Gasteiger partial charge < -0.3 is 16.8 Å². The Kier molecular flexibility index (Phi) is 8.20. The van der Waals surface area contributed by atoms with Crippen molar-refractivity contribution in [2.24, 2.45) is 21.5 Å². The quantitative estimate of drug-likeness (QED) is 0.329. The molecule has 0 aliphatic carbocycles. The van der Waals surface area contributed by atoms with Crippen molar-refractivity contribution in [1.82, 2.24) is 0 Å². The molecular weight excluding hydrogens is 503 g/mol. The van der Waals surface area contributed by atoms with Gasteiger partial charge in [-0.25, -0.2) is 4.99 Å². The number of rotatable bonds is 5. The van der Waals surface area contributed by atoms with Gasteiger partial charge in [-0.05, 0) is 57.2 Å². The van der Waals surface area contributed by atoms with Crippen LogP contribution in [0.5, 0.6) is 0 Å². The second kappa shape index (κ2) is 10.4. The van der Waals surface area contributed by atoms with Crippen LogP contribution in [0.4, 0.5) is 15.3 Å². The minimum absolute atomic E-state index is 0.0559. The Bertz CT molecular complexity index is 1390. The number of benzene rings is 2. The van der Waals surface area contributed by atoms with Gasteiger partial charge in [0.15, 0.2) is 0 Å². The largest absolute Gasteiger partial charge is 0.369 e. The topological polar surface area (TPSA) is 198 Å². The zero-order valence-corrected chi connectivity index (χ0v) is 20.6. The number of anilines is 2. The van der Waals surface area contributed by atoms with Gasteiger partial charge in [0.25, 0.3) is 16.0 Å². The summed E-state index contributed by atoms with van der Waals surface area (Å²) >= 11 is 0. The van der Waals surface area contributed by atoms with E-state index in [9.17, 15) is 25.5 Å². The molecule has 0 saturated heterocycles. The van der Waals surface area contributed by atoms with Gasteiger partial charge in [0.05, 0.1) is 5.75 Å². The molecule has 3 rings (SSSR count). The van der Waals surface area contributed by atoms with Crippen LogP contribution < -0.4 is 21.7 Å². The predicted octanol–water partition coefficient (Wildman–Crippen LogP) is 1.68. The van der Waals surface area contributed by atoms with Crippen molar-refractivity contribution in [3.63, 3.8) is 0 Å². The van der Waals surface area contributed by atoms with Crippen LogP contribution >= 0.6 is 0 Å². The number of aliphatic imine (C=N–C) groups is 2. The first-order chi connectivity index (χ1) is 16.0. The summed E-state index contributed by atoms with van der Waals surface area (Å²) in [4.78, 5) is 21.9. The summed E-state index contributed by atoms with van der Waals surface area (Å²) < 4.78 is 62.2. The van der Waals surface area contributed by atoms with Crippen molar-refractivity contribution in [2.75, 3.05) is 16.0 Å². The molecule has 1 amide bonds. The molecule has 0 fully saturated rings. The number of nitrogens with two attached hydrogens (primary N) is 2. The molecule has 6 N–H and O–H groups in total. The molecule has 0 unspecified atom stereocenters. The molecule has 0 bridgehead atoms. The Morgan fingerprint density at radius 3 is 2.26 bits per heavy atom. The average molecular weight is 529 g/mol. The second-order valence-corrected chi connectivity index (χ2v) is 10.7. The number of amides is 1. The Morgan fingerprint density at radius 2 is 1.71 bits per heavy atom. The highest BCUT2D eigenvalue weighted by atomic mass is 32.3. The molecule has 1 aliphatic heterocycles. The number of nitrogens with zero attached hydrogens (tertiary/aromatic N) is 3. The van der Waals surface area contributed by atoms with Gasteiger partial charge in [0.1, 0.15) is 10.6 Å². The third-order valence-electron chi connectivity index (χ3n) is 4.50. The van der Waals surface area contributed by atoms with Gasteiger partial charge in [-0.2, -0.15) is 21.8 Å². The fraction of sp³-hybridized carbons (Fsp3) is 0.250. The molecule has 15 heteroatoms. The lowest BCUT2D eigenvalue weighted by molar-refractivity contribution is 0.102. The highest BCUT2D eigenvalue weighted by molar-refractivity contribution is 7.86. The molecule has 0 radical (unpaired) electrons. The first-order valence-electron chi connectivity index (χ1n) is 9.94. The molecule has 2 aromatic carbocycles. The lowest BCUT2D eigenvalue weighted by Crippen LogP contribution is -2.54. The van der Waals surface area contributed by atoms with E-state index in [0.29, 0.717) is 5.69 Å². The van der Waals surface area contributed by atoms with Gasteiger partial charge in [-0.1, -0.05) is 12.1 Å². The number of nitrogens with one attached hydrogen (secondary N) is 1. The molecular formula is C20H25FN6O6S2. The molecule has 1 aliphatic rings. The Labute approximate surface area is 202 Å². The van der Waals surface area contributed by atoms with Crippen molar-refractivity contribution >= 4 is 49.5 Å². The van der Waals surface area contributed by atoms with Crippen LogP contribution in [0, 0.1) is 0 Å². The highest BCUT2D eigenvalue weighted by Gasteiger charge is 2.33. The van der Waals surface area contributed by atoms with Crippen molar-refractivity contribution in [1.29, 1.82) is 0 Å². The monoisotopic (exact) mass is 528 g/mol. The van der Waals surface area contributed by atoms with Crippen LogP contribution in [0.3, 0.4) is 0 Å². The average Bonchev–Trinajstić information content (AvgIpc) is 2.72. The normalized spacial score (nSPS) is 15.3. The van der Waals surface area contributed by atoms with Crippen molar-refractivity contribution < 1.29 is 30.1 Å². The van der Waals surface area contributed by atoms with E-state index in [2.05, 4.69) is 15.3 Å². The molecule has 0 aromatic heterocycles. The number of hydrogen-bond donors (Lipinski definition) is 4. The summed E-state index contributed by atoms with van der Waals surface area (Å²) in [6.07, 6.45) is 0. The zero-order valence-electron chi connectivity index (χ0n) is 19.0. The van der Waals surface area contributed by atoms with Crippen molar-refractivity contribution in [2.45, 2.75) is 31.3 Å². The molecule has 0 spiro atoms. The van der Waals surface area contributed by atoms with Crippen LogP contribution in [0.15, 0.2) is 63.4 Å². The summed E-state index contributed by atoms with van der Waals surface area (Å²) in [6, 6.07) is 11.4. The van der Waals surface area contributed by atoms with Gasteiger partial charge in [0.2, 0.25) is 11.9 Å². The predicted molar refractivity (Wildman–Crippen MR) is 131 cm³/mol. The maximum atomic E-state index is 13.2. The Balaban J connectivity index is 0.000000641. The first kappa shape index (κ1) is 27.7. The summed E-state index contributed by atoms with van der Waals surface area (Å²) in [5, 5.41) is 2.54. The maximum Gasteiger partial charge on any atom is 0.332 e. The first-order valence-corrected chi connectivity index (χ1v) is 12.9. The number of carbonyl (C=O) groups is 1. The zero-order chi connectivity index (χ0) is 26.6. The second-order valence-electron chi connectivity index (χ2n) is 7.61. The van der Waals surface area contributed by atoms with Gasteiger partial charge in [0, 0.05) is 16.9 Å². The van der Waals surface area contributed by atoms with Gasteiger partial charge in [-0.3, -0.25) is 14.2 Å². The SMILES string of the molecule is CC1(C)N=C(N)N=C(N)N1c1cccc(C(=O)Nc2cccc(S(=O)(=O)F)c2)c1.CCS(=O)(=O)O. The molecule has 0 atom stereocenters. The maximum absolute atomic E-state index is 13.2. The lowest BCUT2D eigenvalue weighted by atomic mass is 10.1. The van der Waals surface area contributed by atoms with Crippen molar-refractivity contribution in [3.05, 3.63) is 54.1 Å². The third-order valence-corrected chi connectivity index (χ3v) is 6.04. The van der Waals surface area contributed by atoms with Crippen LogP contribution in [0.1, 0.15) is 31.1 Å². The summed E-state index contributed by atoms with van der Waals surface area (Å²) in [5.41, 5.74) is 11.8. The molecule has 2 aromatic rings. The smallest absolute Gasteiger partial charge is 0.332 e. The van der Waals surface area contributed by atoms with E-state index in [4.69, 9.17) is 16.0 Å². The van der Waals surface area contributed by atoms with Crippen LogP contribution in [-0.2, 0) is 20.3 Å². The minimum Gasteiger partial charge on any atom is -0.369 e. The van der Waals surface area contributed by atoms with Crippen LogP contribution in [0.25, 0.3) is 0 Å². The van der Waals surface area contributed by atoms with Crippen LogP contribution in [-0.4, -0.2) is 50.6 Å². The number of guanidine groups is 2. The summed E-state index contributed by atoms with van der Waals surface area (Å²) in [7, 11) is -8.54. The van der Waals surface area contributed by atoms with E-state index >= 15 is 0 Å². The van der Waals surface area contributed by atoms with E-state index in [0.717, 1.165) is 12.1 Å². The number of halogens is 1. The third kappa shape index (κ3) is 7.73. The fourth-order valence-electron chi connectivity index (χ4n) is 2.97. The van der Waals surface area contributed by atoms with Crippen molar-refractivity contribution in [3.8, 4) is 0 Å². The number of hydrogen-bond acceptors (Lipinski definition) is 10. The standard InChI is InChI=1S/C18H19FN6O3S.C2H6O3S/c1-18(2)24-16(20)23-17(21)25(18)13-7-3-5-11(9-13)15(26)22-12-6-4-8-14(10-12)29(19,27)28;1-2-6(3,4)5/h3-10H,1-2H3,(H,22,26)(H4,20,21,23,24);2H2,1H3,(H,3,4,5).